The number of fused-ring (bicyclic) bond motifs is 1. The monoisotopic (exact) mass is 303 g/mol. The highest BCUT2D eigenvalue weighted by molar-refractivity contribution is 7.99. The van der Waals surface area contributed by atoms with E-state index in [9.17, 15) is 0 Å². The summed E-state index contributed by atoms with van der Waals surface area (Å²) in [5.41, 5.74) is 3.09. The van der Waals surface area contributed by atoms with Gasteiger partial charge in [-0.05, 0) is 61.8 Å². The second kappa shape index (κ2) is 5.85. The molecule has 1 N–H and O–H groups in total. The number of nitrogens with one attached hydrogen (secondary N) is 1. The number of rotatable bonds is 2. The van der Waals surface area contributed by atoms with Gasteiger partial charge in [0, 0.05) is 24.1 Å². The van der Waals surface area contributed by atoms with Gasteiger partial charge in [-0.1, -0.05) is 18.2 Å². The predicted octanol–water partition coefficient (Wildman–Crippen LogP) is 4.11. The number of para-hydroxylation sites is 1. The maximum atomic E-state index is 6.16. The molecule has 1 aromatic rings. The van der Waals surface area contributed by atoms with Crippen molar-refractivity contribution in [3.05, 3.63) is 29.8 Å². The zero-order valence-electron chi connectivity index (χ0n) is 12.6. The Labute approximate surface area is 132 Å². The van der Waals surface area contributed by atoms with Gasteiger partial charge in [0.15, 0.2) is 0 Å². The van der Waals surface area contributed by atoms with Crippen molar-refractivity contribution in [2.24, 2.45) is 5.92 Å². The largest absolute Gasteiger partial charge is 0.382 e. The zero-order valence-corrected chi connectivity index (χ0v) is 13.5. The number of anilines is 1. The Kier molecular flexibility index (Phi) is 3.89. The first-order valence-corrected chi connectivity index (χ1v) is 9.55. The predicted molar refractivity (Wildman–Crippen MR) is 90.1 cm³/mol. The first-order chi connectivity index (χ1) is 10.3. The van der Waals surface area contributed by atoms with E-state index in [-0.39, 0.29) is 5.60 Å². The summed E-state index contributed by atoms with van der Waals surface area (Å²) in [6.07, 6.45) is 7.67. The molecule has 2 fully saturated rings. The van der Waals surface area contributed by atoms with Crippen LogP contribution in [0.15, 0.2) is 24.3 Å². The van der Waals surface area contributed by atoms with Gasteiger partial charge in [-0.3, -0.25) is 0 Å². The second-order valence-corrected chi connectivity index (χ2v) is 8.07. The quantitative estimate of drug-likeness (QED) is 0.888. The first kappa shape index (κ1) is 14.0. The van der Waals surface area contributed by atoms with Gasteiger partial charge in [0.2, 0.25) is 0 Å². The van der Waals surface area contributed by atoms with Crippen molar-refractivity contribution >= 4 is 17.4 Å². The van der Waals surface area contributed by atoms with Gasteiger partial charge in [0.05, 0.1) is 5.60 Å². The summed E-state index contributed by atoms with van der Waals surface area (Å²) in [5, 5.41) is 3.78. The third-order valence-corrected chi connectivity index (χ3v) is 6.64. The molecular formula is C18H25NOS. The fraction of sp³-hybridized carbons (Fsp3) is 0.667. The third-order valence-electron chi connectivity index (χ3n) is 5.42. The number of aryl methyl sites for hydroxylation is 1. The molecule has 0 aliphatic carbocycles. The summed E-state index contributed by atoms with van der Waals surface area (Å²) in [4.78, 5) is 0. The Morgan fingerprint density at radius 1 is 1.29 bits per heavy atom. The van der Waals surface area contributed by atoms with Gasteiger partial charge in [-0.15, -0.1) is 0 Å². The van der Waals surface area contributed by atoms with Crippen LogP contribution in [0.25, 0.3) is 0 Å². The lowest BCUT2D eigenvalue weighted by molar-refractivity contribution is -0.0811. The van der Waals surface area contributed by atoms with Crippen molar-refractivity contribution in [3.8, 4) is 0 Å². The smallest absolute Gasteiger partial charge is 0.0783 e. The third kappa shape index (κ3) is 2.95. The standard InChI is InChI=1S/C18H25NOS/c1-2-4-17-15(3-1)5-6-16(19-17)11-14-7-9-20-18(12-14)8-10-21-13-18/h1-4,14,16,19H,5-13H2. The highest BCUT2D eigenvalue weighted by atomic mass is 32.2. The van der Waals surface area contributed by atoms with E-state index in [1.807, 2.05) is 0 Å². The minimum Gasteiger partial charge on any atom is -0.382 e. The van der Waals surface area contributed by atoms with E-state index in [1.54, 1.807) is 0 Å². The Hall–Kier alpha value is -0.670. The molecule has 0 radical (unpaired) electrons. The Bertz CT molecular complexity index is 498. The summed E-state index contributed by atoms with van der Waals surface area (Å²) in [6.45, 7) is 0.981. The molecule has 4 rings (SSSR count). The van der Waals surface area contributed by atoms with E-state index in [0.29, 0.717) is 6.04 Å². The van der Waals surface area contributed by atoms with Crippen molar-refractivity contribution in [2.45, 2.75) is 50.2 Å². The van der Waals surface area contributed by atoms with Gasteiger partial charge in [-0.2, -0.15) is 11.8 Å². The summed E-state index contributed by atoms with van der Waals surface area (Å²) < 4.78 is 6.16. The topological polar surface area (TPSA) is 21.3 Å². The number of hydrogen-bond acceptors (Lipinski definition) is 3. The second-order valence-electron chi connectivity index (χ2n) is 6.97. The molecule has 3 atom stereocenters. The van der Waals surface area contributed by atoms with Gasteiger partial charge in [0.1, 0.15) is 0 Å². The van der Waals surface area contributed by atoms with Crippen molar-refractivity contribution in [3.63, 3.8) is 0 Å². The van der Waals surface area contributed by atoms with Crippen LogP contribution < -0.4 is 5.32 Å². The lowest BCUT2D eigenvalue weighted by atomic mass is 9.80. The number of hydrogen-bond donors (Lipinski definition) is 1. The molecule has 3 heterocycles. The molecule has 3 aliphatic rings. The Morgan fingerprint density at radius 3 is 3.14 bits per heavy atom. The first-order valence-electron chi connectivity index (χ1n) is 8.39. The fourth-order valence-corrected chi connectivity index (χ4v) is 5.65. The van der Waals surface area contributed by atoms with Crippen LogP contribution in [0.5, 0.6) is 0 Å². The summed E-state index contributed by atoms with van der Waals surface area (Å²) in [6, 6.07) is 9.46. The minimum absolute atomic E-state index is 0.236. The Balaban J connectivity index is 1.38. The van der Waals surface area contributed by atoms with E-state index < -0.39 is 0 Å². The van der Waals surface area contributed by atoms with Gasteiger partial charge >= 0.3 is 0 Å². The van der Waals surface area contributed by atoms with Crippen LogP contribution >= 0.6 is 11.8 Å². The van der Waals surface area contributed by atoms with E-state index in [1.165, 1.54) is 61.3 Å². The lowest BCUT2D eigenvalue weighted by Gasteiger charge is -2.39. The average Bonchev–Trinajstić information content (AvgIpc) is 2.95. The molecule has 2 nitrogen and oxygen atoms in total. The molecule has 3 aliphatic heterocycles. The van der Waals surface area contributed by atoms with Crippen molar-refractivity contribution < 1.29 is 4.74 Å². The van der Waals surface area contributed by atoms with Crippen molar-refractivity contribution in [1.29, 1.82) is 0 Å². The van der Waals surface area contributed by atoms with Gasteiger partial charge in [0.25, 0.3) is 0 Å². The van der Waals surface area contributed by atoms with Crippen LogP contribution in [-0.4, -0.2) is 29.8 Å². The Morgan fingerprint density at radius 2 is 2.24 bits per heavy atom. The summed E-state index contributed by atoms with van der Waals surface area (Å²) >= 11 is 2.08. The number of thioether (sulfide) groups is 1. The normalized spacial score (nSPS) is 35.4. The number of ether oxygens (including phenoxy) is 1. The molecule has 0 bridgehead atoms. The van der Waals surface area contributed by atoms with Gasteiger partial charge in [-0.25, -0.2) is 0 Å². The zero-order chi connectivity index (χ0) is 14.1. The average molecular weight is 303 g/mol. The van der Waals surface area contributed by atoms with Crippen LogP contribution in [-0.2, 0) is 11.2 Å². The van der Waals surface area contributed by atoms with E-state index >= 15 is 0 Å². The molecular weight excluding hydrogens is 278 g/mol. The van der Waals surface area contributed by atoms with E-state index in [0.717, 1.165) is 12.5 Å². The molecule has 1 aromatic carbocycles. The molecule has 3 unspecified atom stereocenters. The van der Waals surface area contributed by atoms with Crippen LogP contribution in [0.4, 0.5) is 5.69 Å². The molecule has 0 amide bonds. The molecule has 0 aromatic heterocycles. The van der Waals surface area contributed by atoms with Crippen molar-refractivity contribution in [1.82, 2.24) is 0 Å². The highest BCUT2D eigenvalue weighted by Crippen LogP contribution is 2.42. The highest BCUT2D eigenvalue weighted by Gasteiger charge is 2.40. The molecule has 2 saturated heterocycles. The van der Waals surface area contributed by atoms with E-state index in [2.05, 4.69) is 41.3 Å². The maximum absolute atomic E-state index is 6.16. The summed E-state index contributed by atoms with van der Waals surface area (Å²) in [7, 11) is 0. The molecule has 114 valence electrons. The van der Waals surface area contributed by atoms with E-state index in [4.69, 9.17) is 4.74 Å². The number of benzene rings is 1. The van der Waals surface area contributed by atoms with Crippen LogP contribution in [0.2, 0.25) is 0 Å². The van der Waals surface area contributed by atoms with Crippen LogP contribution in [0, 0.1) is 5.92 Å². The maximum Gasteiger partial charge on any atom is 0.0783 e. The fourth-order valence-electron chi connectivity index (χ4n) is 4.27. The van der Waals surface area contributed by atoms with Gasteiger partial charge < -0.3 is 10.1 Å². The van der Waals surface area contributed by atoms with Crippen LogP contribution in [0.3, 0.4) is 0 Å². The molecule has 3 heteroatoms. The lowest BCUT2D eigenvalue weighted by Crippen LogP contribution is -2.41. The molecule has 0 saturated carbocycles. The molecule has 21 heavy (non-hydrogen) atoms. The summed E-state index contributed by atoms with van der Waals surface area (Å²) in [5.74, 6) is 3.37. The SMILES string of the molecule is c1ccc2c(c1)CCC(CC1CCOC3(CCSC3)C1)N2. The van der Waals surface area contributed by atoms with Crippen molar-refractivity contribution in [2.75, 3.05) is 23.4 Å². The minimum atomic E-state index is 0.236. The molecule has 1 spiro atoms. The van der Waals surface area contributed by atoms with Crippen LogP contribution in [0.1, 0.15) is 37.7 Å².